The van der Waals surface area contributed by atoms with Gasteiger partial charge in [0.15, 0.2) is 6.17 Å². The molecule has 2 N–H and O–H groups in total. The van der Waals surface area contributed by atoms with Crippen molar-refractivity contribution >= 4 is 17.3 Å². The van der Waals surface area contributed by atoms with Crippen molar-refractivity contribution in [2.75, 3.05) is 11.4 Å². The second kappa shape index (κ2) is 4.78. The highest BCUT2D eigenvalue weighted by Crippen LogP contribution is 2.36. The lowest BCUT2D eigenvalue weighted by Gasteiger charge is -2.19. The van der Waals surface area contributed by atoms with Crippen LogP contribution in [0, 0.1) is 6.92 Å². The van der Waals surface area contributed by atoms with Gasteiger partial charge in [0.2, 0.25) is 0 Å². The summed E-state index contributed by atoms with van der Waals surface area (Å²) in [6.07, 6.45) is 0.0405. The Labute approximate surface area is 129 Å². The number of nitrogens with zero attached hydrogens (tertiary/aromatic N) is 2. The van der Waals surface area contributed by atoms with Crippen LogP contribution in [0.3, 0.4) is 0 Å². The van der Waals surface area contributed by atoms with Gasteiger partial charge in [0.05, 0.1) is 11.4 Å². The van der Waals surface area contributed by atoms with Crippen LogP contribution in [0.1, 0.15) is 22.3 Å². The number of nitrogens with two attached hydrogens (primary N) is 1. The van der Waals surface area contributed by atoms with Gasteiger partial charge in [-0.05, 0) is 25.0 Å². The fourth-order valence-electron chi connectivity index (χ4n) is 3.36. The molecule has 0 aliphatic carbocycles. The van der Waals surface area contributed by atoms with Crippen LogP contribution in [-0.2, 0) is 11.2 Å². The van der Waals surface area contributed by atoms with Gasteiger partial charge < -0.3 is 10.6 Å². The van der Waals surface area contributed by atoms with Crippen LogP contribution >= 0.6 is 0 Å². The summed E-state index contributed by atoms with van der Waals surface area (Å²) in [6, 6.07) is 14.2. The summed E-state index contributed by atoms with van der Waals surface area (Å²) in [5, 5.41) is 0. The van der Waals surface area contributed by atoms with Crippen molar-refractivity contribution in [3.05, 3.63) is 64.7 Å². The maximum atomic E-state index is 12.5. The van der Waals surface area contributed by atoms with E-state index in [-0.39, 0.29) is 5.91 Å². The zero-order chi connectivity index (χ0) is 15.3. The maximum absolute atomic E-state index is 12.5. The normalized spacial score (nSPS) is 19.7. The summed E-state index contributed by atoms with van der Waals surface area (Å²) < 4.78 is 0. The summed E-state index contributed by atoms with van der Waals surface area (Å²) in [7, 11) is 0. The lowest BCUT2D eigenvalue weighted by atomic mass is 9.96. The first-order valence-electron chi connectivity index (χ1n) is 7.49. The molecule has 0 unspecified atom stereocenters. The van der Waals surface area contributed by atoms with Crippen molar-refractivity contribution in [1.82, 2.24) is 0 Å². The van der Waals surface area contributed by atoms with Crippen LogP contribution in [0.15, 0.2) is 47.5 Å². The second-order valence-corrected chi connectivity index (χ2v) is 5.85. The highest BCUT2D eigenvalue weighted by atomic mass is 16.2. The number of rotatable bonds is 1. The Morgan fingerprint density at radius 3 is 2.77 bits per heavy atom. The van der Waals surface area contributed by atoms with E-state index >= 15 is 0 Å². The van der Waals surface area contributed by atoms with E-state index in [0.29, 0.717) is 6.54 Å². The summed E-state index contributed by atoms with van der Waals surface area (Å²) in [6.45, 7) is 2.77. The number of hydrogen-bond acceptors (Lipinski definition) is 3. The highest BCUT2D eigenvalue weighted by Gasteiger charge is 2.35. The van der Waals surface area contributed by atoms with E-state index in [9.17, 15) is 4.79 Å². The van der Waals surface area contributed by atoms with Crippen LogP contribution in [0.5, 0.6) is 0 Å². The first-order chi connectivity index (χ1) is 10.6. The highest BCUT2D eigenvalue weighted by molar-refractivity contribution is 6.21. The number of benzene rings is 2. The molecule has 1 amide bonds. The molecule has 2 aliphatic rings. The van der Waals surface area contributed by atoms with Gasteiger partial charge >= 0.3 is 0 Å². The SMILES string of the molecule is Cc1cc2c3c(c1)C(c1ccccc1)=N[C@@H](N)C(=O)N3CC2. The molecular formula is C18H17N3O. The molecular weight excluding hydrogens is 274 g/mol. The molecule has 4 rings (SSSR count). The predicted molar refractivity (Wildman–Crippen MR) is 87.3 cm³/mol. The number of amides is 1. The Balaban J connectivity index is 2.02. The molecule has 110 valence electrons. The summed E-state index contributed by atoms with van der Waals surface area (Å²) >= 11 is 0. The van der Waals surface area contributed by atoms with Gasteiger partial charge in [0.1, 0.15) is 0 Å². The standard InChI is InChI=1S/C18H17N3O/c1-11-9-13-7-8-21-16(13)14(10-11)15(20-17(19)18(21)22)12-5-3-2-4-6-12/h2-6,9-10,17H,7-8,19H2,1H3/t17-/m1/s1. The topological polar surface area (TPSA) is 58.7 Å². The molecule has 0 spiro atoms. The smallest absolute Gasteiger partial charge is 0.266 e. The minimum Gasteiger partial charge on any atom is -0.308 e. The third kappa shape index (κ3) is 1.88. The van der Waals surface area contributed by atoms with Crippen molar-refractivity contribution in [2.45, 2.75) is 19.5 Å². The zero-order valence-corrected chi connectivity index (χ0v) is 12.4. The van der Waals surface area contributed by atoms with Gasteiger partial charge in [-0.25, -0.2) is 0 Å². The molecule has 2 aromatic rings. The van der Waals surface area contributed by atoms with Gasteiger partial charge in [-0.15, -0.1) is 0 Å². The largest absolute Gasteiger partial charge is 0.308 e. The predicted octanol–water partition coefficient (Wildman–Crippen LogP) is 2.02. The molecule has 2 aliphatic heterocycles. The van der Waals surface area contributed by atoms with E-state index in [2.05, 4.69) is 24.0 Å². The third-order valence-electron chi connectivity index (χ3n) is 4.30. The van der Waals surface area contributed by atoms with Gasteiger partial charge in [0, 0.05) is 17.7 Å². The number of carbonyl (C=O) groups is 1. The van der Waals surface area contributed by atoms with Crippen LogP contribution < -0.4 is 10.6 Å². The summed E-state index contributed by atoms with van der Waals surface area (Å²) in [5.74, 6) is -0.116. The van der Waals surface area contributed by atoms with Gasteiger partial charge in [-0.3, -0.25) is 9.79 Å². The average molecular weight is 291 g/mol. The zero-order valence-electron chi connectivity index (χ0n) is 12.4. The Morgan fingerprint density at radius 1 is 1.23 bits per heavy atom. The Bertz CT molecular complexity index is 795. The minimum absolute atomic E-state index is 0.116. The quantitative estimate of drug-likeness (QED) is 0.874. The molecule has 0 saturated heterocycles. The van der Waals surface area contributed by atoms with Crippen molar-refractivity contribution in [3.8, 4) is 0 Å². The van der Waals surface area contributed by atoms with Crippen molar-refractivity contribution in [3.63, 3.8) is 0 Å². The Kier molecular flexibility index (Phi) is 2.87. The Morgan fingerprint density at radius 2 is 2.00 bits per heavy atom. The van der Waals surface area contributed by atoms with Crippen LogP contribution in [0.4, 0.5) is 5.69 Å². The van der Waals surface area contributed by atoms with Crippen LogP contribution in [-0.4, -0.2) is 24.3 Å². The van der Waals surface area contributed by atoms with E-state index in [4.69, 9.17) is 5.73 Å². The lowest BCUT2D eigenvalue weighted by molar-refractivity contribution is -0.119. The number of carbonyl (C=O) groups excluding carboxylic acids is 1. The number of aliphatic imine (C=N–C) groups is 1. The molecule has 1 atom stereocenters. The van der Waals surface area contributed by atoms with Crippen LogP contribution in [0.25, 0.3) is 0 Å². The maximum Gasteiger partial charge on any atom is 0.266 e. The third-order valence-corrected chi connectivity index (χ3v) is 4.30. The van der Waals surface area contributed by atoms with Crippen molar-refractivity contribution < 1.29 is 4.79 Å². The summed E-state index contributed by atoms with van der Waals surface area (Å²) in [4.78, 5) is 18.9. The Hall–Kier alpha value is -2.46. The van der Waals surface area contributed by atoms with Crippen LogP contribution in [0.2, 0.25) is 0 Å². The molecule has 0 fully saturated rings. The van der Waals surface area contributed by atoms with Gasteiger partial charge in [0.25, 0.3) is 5.91 Å². The fourth-order valence-corrected chi connectivity index (χ4v) is 3.36. The minimum atomic E-state index is -0.839. The molecule has 0 saturated carbocycles. The number of aryl methyl sites for hydroxylation is 1. The first kappa shape index (κ1) is 13.2. The van der Waals surface area contributed by atoms with Gasteiger partial charge in [-0.1, -0.05) is 42.0 Å². The molecule has 0 aromatic heterocycles. The number of hydrogen-bond donors (Lipinski definition) is 1. The fraction of sp³-hybridized carbons (Fsp3) is 0.222. The molecule has 4 heteroatoms. The lowest BCUT2D eigenvalue weighted by Crippen LogP contribution is -2.41. The van der Waals surface area contributed by atoms with E-state index < -0.39 is 6.17 Å². The molecule has 2 aromatic carbocycles. The molecule has 0 radical (unpaired) electrons. The monoisotopic (exact) mass is 291 g/mol. The number of anilines is 1. The summed E-state index contributed by atoms with van der Waals surface area (Å²) in [5.41, 5.74) is 12.2. The van der Waals surface area contributed by atoms with Gasteiger partial charge in [-0.2, -0.15) is 0 Å². The first-order valence-corrected chi connectivity index (χ1v) is 7.49. The average Bonchev–Trinajstić information content (AvgIpc) is 2.91. The molecule has 22 heavy (non-hydrogen) atoms. The second-order valence-electron chi connectivity index (χ2n) is 5.85. The van der Waals surface area contributed by atoms with E-state index in [1.807, 2.05) is 30.3 Å². The molecule has 2 heterocycles. The van der Waals surface area contributed by atoms with E-state index in [1.165, 1.54) is 11.1 Å². The molecule has 0 bridgehead atoms. The van der Waals surface area contributed by atoms with E-state index in [1.54, 1.807) is 4.90 Å². The van der Waals surface area contributed by atoms with Crippen molar-refractivity contribution in [1.29, 1.82) is 0 Å². The molecule has 4 nitrogen and oxygen atoms in total. The van der Waals surface area contributed by atoms with Crippen molar-refractivity contribution in [2.24, 2.45) is 10.7 Å². The van der Waals surface area contributed by atoms with E-state index in [0.717, 1.165) is 28.9 Å².